The summed E-state index contributed by atoms with van der Waals surface area (Å²) < 4.78 is 2.21. The molecule has 0 unspecified atom stereocenters. The van der Waals surface area contributed by atoms with Crippen molar-refractivity contribution in [2.75, 3.05) is 26.7 Å². The van der Waals surface area contributed by atoms with Crippen LogP contribution in [0.2, 0.25) is 0 Å². The van der Waals surface area contributed by atoms with E-state index in [9.17, 15) is 0 Å². The lowest BCUT2D eigenvalue weighted by molar-refractivity contribution is 0.331. The number of hydrogen-bond donors (Lipinski definition) is 2. The van der Waals surface area contributed by atoms with Gasteiger partial charge in [0.05, 0.1) is 17.4 Å². The van der Waals surface area contributed by atoms with E-state index in [1.165, 1.54) is 42.6 Å². The molecule has 2 N–H and O–H groups in total. The Morgan fingerprint density at radius 1 is 1.00 bits per heavy atom. The van der Waals surface area contributed by atoms with E-state index in [-0.39, 0.29) is 24.0 Å². The van der Waals surface area contributed by atoms with Crippen LogP contribution in [0.3, 0.4) is 0 Å². The van der Waals surface area contributed by atoms with E-state index in [0.29, 0.717) is 0 Å². The van der Waals surface area contributed by atoms with Gasteiger partial charge in [-0.2, -0.15) is 0 Å². The van der Waals surface area contributed by atoms with Gasteiger partial charge < -0.3 is 15.2 Å². The first-order valence-electron chi connectivity index (χ1n) is 11.0. The molecule has 3 aromatic rings. The van der Waals surface area contributed by atoms with Crippen molar-refractivity contribution < 1.29 is 0 Å². The van der Waals surface area contributed by atoms with E-state index < -0.39 is 0 Å². The highest BCUT2D eigenvalue weighted by molar-refractivity contribution is 14.0. The average Bonchev–Trinajstić information content (AvgIpc) is 3.44. The normalized spacial score (nSPS) is 14.5. The first kappa shape index (κ1) is 23.5. The van der Waals surface area contributed by atoms with Gasteiger partial charge in [0.25, 0.3) is 0 Å². The standard InChI is InChI=1S/C24H32N6.HI/c1-25-24(26-13-6-16-30-19-28-22-7-2-3-8-23(22)30)27-17-20-9-11-21(12-10-20)18-29-14-4-5-15-29;/h2-3,7-12,19H,4-6,13-18H2,1H3,(H2,25,26,27);1H. The first-order chi connectivity index (χ1) is 14.8. The quantitative estimate of drug-likeness (QED) is 0.199. The Morgan fingerprint density at radius 3 is 2.52 bits per heavy atom. The van der Waals surface area contributed by atoms with Crippen LogP contribution < -0.4 is 10.6 Å². The van der Waals surface area contributed by atoms with Crippen LogP contribution in [0.5, 0.6) is 0 Å². The molecule has 1 aromatic heterocycles. The molecule has 1 saturated heterocycles. The van der Waals surface area contributed by atoms with Gasteiger partial charge in [-0.05, 0) is 55.6 Å². The summed E-state index contributed by atoms with van der Waals surface area (Å²) in [6.45, 7) is 6.12. The molecule has 1 aliphatic heterocycles. The summed E-state index contributed by atoms with van der Waals surface area (Å²) in [5.41, 5.74) is 4.91. The number of rotatable bonds is 8. The zero-order chi connectivity index (χ0) is 20.6. The molecule has 1 aliphatic rings. The highest BCUT2D eigenvalue weighted by Crippen LogP contribution is 2.14. The molecule has 0 atom stereocenters. The average molecular weight is 532 g/mol. The van der Waals surface area contributed by atoms with Crippen LogP contribution >= 0.6 is 24.0 Å². The largest absolute Gasteiger partial charge is 0.356 e. The summed E-state index contributed by atoms with van der Waals surface area (Å²) in [6, 6.07) is 17.2. The Labute approximate surface area is 202 Å². The Hall–Kier alpha value is -2.13. The Bertz CT molecular complexity index is 960. The Morgan fingerprint density at radius 2 is 1.74 bits per heavy atom. The number of imidazole rings is 1. The highest BCUT2D eigenvalue weighted by Gasteiger charge is 2.11. The number of fused-ring (bicyclic) bond motifs is 1. The predicted octanol–water partition coefficient (Wildman–Crippen LogP) is 4.01. The van der Waals surface area contributed by atoms with E-state index >= 15 is 0 Å². The number of aliphatic imine (C=N–C) groups is 1. The molecule has 7 heteroatoms. The summed E-state index contributed by atoms with van der Waals surface area (Å²) in [4.78, 5) is 11.3. The van der Waals surface area contributed by atoms with Gasteiger partial charge in [0.2, 0.25) is 0 Å². The van der Waals surface area contributed by atoms with E-state index in [2.05, 4.69) is 72.5 Å². The second kappa shape index (κ2) is 12.0. The topological polar surface area (TPSA) is 57.5 Å². The van der Waals surface area contributed by atoms with Gasteiger partial charge in [0, 0.05) is 33.2 Å². The molecule has 0 aliphatic carbocycles. The molecular weight excluding hydrogens is 499 g/mol. The smallest absolute Gasteiger partial charge is 0.191 e. The zero-order valence-corrected chi connectivity index (χ0v) is 20.6. The van der Waals surface area contributed by atoms with E-state index in [4.69, 9.17) is 0 Å². The highest BCUT2D eigenvalue weighted by atomic mass is 127. The van der Waals surface area contributed by atoms with Gasteiger partial charge in [0.1, 0.15) is 0 Å². The number of nitrogens with one attached hydrogen (secondary N) is 2. The lowest BCUT2D eigenvalue weighted by Crippen LogP contribution is -2.37. The van der Waals surface area contributed by atoms with Gasteiger partial charge in [-0.15, -0.1) is 24.0 Å². The van der Waals surface area contributed by atoms with Crippen LogP contribution in [0, 0.1) is 0 Å². The molecule has 2 aromatic carbocycles. The van der Waals surface area contributed by atoms with Crippen LogP contribution in [-0.4, -0.2) is 47.1 Å². The number of aromatic nitrogens is 2. The maximum atomic E-state index is 4.45. The fraction of sp³-hybridized carbons (Fsp3) is 0.417. The van der Waals surface area contributed by atoms with Crippen molar-refractivity contribution in [3.8, 4) is 0 Å². The number of hydrogen-bond acceptors (Lipinski definition) is 3. The van der Waals surface area contributed by atoms with Crippen molar-refractivity contribution in [3.63, 3.8) is 0 Å². The second-order valence-electron chi connectivity index (χ2n) is 7.93. The lowest BCUT2D eigenvalue weighted by Gasteiger charge is -2.15. The van der Waals surface area contributed by atoms with Crippen molar-refractivity contribution in [1.29, 1.82) is 0 Å². The van der Waals surface area contributed by atoms with Gasteiger partial charge in [-0.3, -0.25) is 9.89 Å². The Balaban J connectivity index is 0.00000272. The molecule has 1 fully saturated rings. The molecule has 6 nitrogen and oxygen atoms in total. The number of benzene rings is 2. The summed E-state index contributed by atoms with van der Waals surface area (Å²) in [7, 11) is 1.82. The van der Waals surface area contributed by atoms with E-state index in [1.54, 1.807) is 0 Å². The summed E-state index contributed by atoms with van der Waals surface area (Å²) in [5.74, 6) is 0.839. The van der Waals surface area contributed by atoms with Crippen LogP contribution in [0.1, 0.15) is 30.4 Å². The van der Waals surface area contributed by atoms with Gasteiger partial charge >= 0.3 is 0 Å². The molecule has 0 radical (unpaired) electrons. The monoisotopic (exact) mass is 532 g/mol. The molecule has 31 heavy (non-hydrogen) atoms. The summed E-state index contributed by atoms with van der Waals surface area (Å²) >= 11 is 0. The SMILES string of the molecule is CN=C(NCCCn1cnc2ccccc21)NCc1ccc(CN2CCCC2)cc1.I. The van der Waals surface area contributed by atoms with Crippen LogP contribution in [-0.2, 0) is 19.6 Å². The van der Waals surface area contributed by atoms with E-state index in [1.807, 2.05) is 19.4 Å². The molecule has 166 valence electrons. The van der Waals surface area contributed by atoms with Crippen LogP contribution in [0.15, 0.2) is 59.9 Å². The number of guanidine groups is 1. The van der Waals surface area contributed by atoms with Crippen LogP contribution in [0.25, 0.3) is 11.0 Å². The number of para-hydroxylation sites is 2. The van der Waals surface area contributed by atoms with Crippen LogP contribution in [0.4, 0.5) is 0 Å². The predicted molar refractivity (Wildman–Crippen MR) is 139 cm³/mol. The summed E-state index contributed by atoms with van der Waals surface area (Å²) in [6.07, 6.45) is 5.61. The number of nitrogens with zero attached hydrogens (tertiary/aromatic N) is 4. The minimum atomic E-state index is 0. The van der Waals surface area contributed by atoms with Gasteiger partial charge in [0.15, 0.2) is 5.96 Å². The molecule has 4 rings (SSSR count). The number of likely N-dealkylation sites (tertiary alicyclic amines) is 1. The minimum Gasteiger partial charge on any atom is -0.356 e. The molecule has 0 saturated carbocycles. The van der Waals surface area contributed by atoms with Gasteiger partial charge in [-0.25, -0.2) is 4.98 Å². The first-order valence-corrected chi connectivity index (χ1v) is 11.0. The minimum absolute atomic E-state index is 0. The molecule has 0 bridgehead atoms. The van der Waals surface area contributed by atoms with Crippen molar-refractivity contribution in [2.24, 2.45) is 4.99 Å². The number of halogens is 1. The fourth-order valence-corrected chi connectivity index (χ4v) is 4.01. The zero-order valence-electron chi connectivity index (χ0n) is 18.3. The van der Waals surface area contributed by atoms with Gasteiger partial charge in [-0.1, -0.05) is 36.4 Å². The number of aryl methyl sites for hydroxylation is 1. The maximum Gasteiger partial charge on any atom is 0.191 e. The van der Waals surface area contributed by atoms with Crippen molar-refractivity contribution in [2.45, 2.75) is 38.9 Å². The summed E-state index contributed by atoms with van der Waals surface area (Å²) in [5, 5.41) is 6.82. The lowest BCUT2D eigenvalue weighted by atomic mass is 10.1. The molecule has 0 spiro atoms. The fourth-order valence-electron chi connectivity index (χ4n) is 4.01. The Kier molecular flexibility index (Phi) is 9.14. The van der Waals surface area contributed by atoms with E-state index in [0.717, 1.165) is 44.1 Å². The van der Waals surface area contributed by atoms with Crippen molar-refractivity contribution in [1.82, 2.24) is 25.1 Å². The third-order valence-corrected chi connectivity index (χ3v) is 5.71. The molecular formula is C24H33IN6. The molecule has 0 amide bonds. The second-order valence-corrected chi connectivity index (χ2v) is 7.93. The maximum absolute atomic E-state index is 4.45. The third-order valence-electron chi connectivity index (χ3n) is 5.71. The third kappa shape index (κ3) is 6.67. The van der Waals surface area contributed by atoms with Crippen molar-refractivity contribution >= 4 is 41.0 Å². The van der Waals surface area contributed by atoms with Crippen molar-refractivity contribution in [3.05, 3.63) is 66.0 Å². The molecule has 2 heterocycles.